The molecule has 2 heterocycles. The number of piperidine rings is 2. The number of nitrogens with two attached hydrogens (primary N) is 1. The van der Waals surface area contributed by atoms with Crippen LogP contribution in [-0.2, 0) is 16.1 Å². The fraction of sp³-hybridized carbons (Fsp3) is 0.579. The number of hydrogen-bond donors (Lipinski definition) is 1. The lowest BCUT2D eigenvalue weighted by molar-refractivity contribution is -0.139. The van der Waals surface area contributed by atoms with Crippen LogP contribution in [0.4, 0.5) is 9.18 Å². The molecule has 2 N–H and O–H groups in total. The molecule has 0 aliphatic carbocycles. The smallest absolute Gasteiger partial charge is 0.314 e. The number of carbonyl (C=O) groups is 2. The molecule has 1 aromatic carbocycles. The molecule has 1 atom stereocenters. The van der Waals surface area contributed by atoms with E-state index in [1.807, 2.05) is 4.90 Å². The number of likely N-dealkylation sites (tertiary alicyclic amines) is 2. The third-order valence-corrected chi connectivity index (χ3v) is 5.27. The summed E-state index contributed by atoms with van der Waals surface area (Å²) in [4.78, 5) is 27.5. The van der Waals surface area contributed by atoms with Crippen LogP contribution in [0.1, 0.15) is 31.2 Å². The van der Waals surface area contributed by atoms with Crippen molar-refractivity contribution in [1.82, 2.24) is 9.80 Å². The number of hydrogen-bond acceptors (Lipinski definition) is 3. The van der Waals surface area contributed by atoms with Gasteiger partial charge >= 0.3 is 6.03 Å². The molecule has 3 rings (SSSR count). The second-order valence-corrected chi connectivity index (χ2v) is 7.05. The molecule has 2 aliphatic rings. The summed E-state index contributed by atoms with van der Waals surface area (Å²) in [7, 11) is 0. The van der Waals surface area contributed by atoms with Crippen LogP contribution < -0.4 is 5.73 Å². The van der Waals surface area contributed by atoms with Crippen LogP contribution >= 0.6 is 0 Å². The summed E-state index contributed by atoms with van der Waals surface area (Å²) in [6.45, 7) is 2.56. The minimum Gasteiger partial charge on any atom is -0.373 e. The van der Waals surface area contributed by atoms with E-state index in [1.165, 1.54) is 6.07 Å². The molecular formula is C19H26FN3O3. The van der Waals surface area contributed by atoms with Gasteiger partial charge in [0.25, 0.3) is 0 Å². The summed E-state index contributed by atoms with van der Waals surface area (Å²) in [6, 6.07) is 6.15. The minimum absolute atomic E-state index is 0.0344. The molecule has 0 spiro atoms. The normalized spacial score (nSPS) is 21.7. The van der Waals surface area contributed by atoms with Gasteiger partial charge in [-0.15, -0.1) is 0 Å². The maximum atomic E-state index is 13.6. The average molecular weight is 363 g/mol. The van der Waals surface area contributed by atoms with Crippen LogP contribution in [0.3, 0.4) is 0 Å². The molecule has 142 valence electrons. The van der Waals surface area contributed by atoms with E-state index >= 15 is 0 Å². The van der Waals surface area contributed by atoms with Gasteiger partial charge in [0, 0.05) is 31.7 Å². The molecule has 1 unspecified atom stereocenters. The van der Waals surface area contributed by atoms with Crippen molar-refractivity contribution in [2.24, 2.45) is 11.7 Å². The molecule has 0 radical (unpaired) electrons. The molecule has 1 aromatic rings. The molecule has 2 saturated heterocycles. The van der Waals surface area contributed by atoms with E-state index in [4.69, 9.17) is 10.5 Å². The number of carbonyl (C=O) groups excluding carboxylic acids is 2. The van der Waals surface area contributed by atoms with Gasteiger partial charge in [0.05, 0.1) is 18.6 Å². The van der Waals surface area contributed by atoms with Crippen LogP contribution in [0, 0.1) is 11.7 Å². The highest BCUT2D eigenvalue weighted by atomic mass is 19.1. The standard InChI is InChI=1S/C19H26FN3O3/c20-17-6-2-1-4-15(17)13-26-16-7-10-22(11-8-16)18(24)14-5-3-9-23(12-14)19(21)25/h1-2,4,6,14,16H,3,5,7-13H2,(H2,21,25). The van der Waals surface area contributed by atoms with Gasteiger partial charge in [-0.1, -0.05) is 18.2 Å². The number of amides is 3. The van der Waals surface area contributed by atoms with E-state index < -0.39 is 6.03 Å². The van der Waals surface area contributed by atoms with Gasteiger partial charge in [0.15, 0.2) is 0 Å². The topological polar surface area (TPSA) is 75.9 Å². The molecular weight excluding hydrogens is 337 g/mol. The van der Waals surface area contributed by atoms with Crippen LogP contribution in [-0.4, -0.2) is 54.0 Å². The third-order valence-electron chi connectivity index (χ3n) is 5.27. The van der Waals surface area contributed by atoms with E-state index in [9.17, 15) is 14.0 Å². The van der Waals surface area contributed by atoms with Gasteiger partial charge in [-0.05, 0) is 31.7 Å². The monoisotopic (exact) mass is 363 g/mol. The minimum atomic E-state index is -0.456. The zero-order chi connectivity index (χ0) is 18.5. The zero-order valence-electron chi connectivity index (χ0n) is 14.9. The van der Waals surface area contributed by atoms with Gasteiger partial charge < -0.3 is 20.3 Å². The molecule has 6 nitrogen and oxygen atoms in total. The van der Waals surface area contributed by atoms with Crippen molar-refractivity contribution >= 4 is 11.9 Å². The van der Waals surface area contributed by atoms with Gasteiger partial charge in [0.2, 0.25) is 5.91 Å². The molecule has 0 saturated carbocycles. The van der Waals surface area contributed by atoms with E-state index in [0.29, 0.717) is 31.7 Å². The average Bonchev–Trinajstić information content (AvgIpc) is 2.67. The van der Waals surface area contributed by atoms with Crippen molar-refractivity contribution in [3.8, 4) is 0 Å². The summed E-state index contributed by atoms with van der Waals surface area (Å²) in [6.07, 6.45) is 3.12. The highest BCUT2D eigenvalue weighted by Crippen LogP contribution is 2.22. The fourth-order valence-electron chi connectivity index (χ4n) is 3.70. The number of urea groups is 1. The maximum absolute atomic E-state index is 13.6. The number of rotatable bonds is 4. The number of primary amides is 1. The highest BCUT2D eigenvalue weighted by Gasteiger charge is 2.32. The van der Waals surface area contributed by atoms with Crippen molar-refractivity contribution in [2.45, 2.75) is 38.4 Å². The first kappa shape index (κ1) is 18.6. The summed E-state index contributed by atoms with van der Waals surface area (Å²) in [5, 5.41) is 0. The largest absolute Gasteiger partial charge is 0.373 e. The van der Waals surface area contributed by atoms with E-state index in [-0.39, 0.29) is 30.4 Å². The van der Waals surface area contributed by atoms with Crippen LogP contribution in [0.15, 0.2) is 24.3 Å². The predicted octanol–water partition coefficient (Wildman–Crippen LogP) is 2.12. The van der Waals surface area contributed by atoms with E-state index in [1.54, 1.807) is 23.1 Å². The summed E-state index contributed by atoms with van der Waals surface area (Å²) < 4.78 is 19.5. The Morgan fingerprint density at radius 2 is 1.85 bits per heavy atom. The van der Waals surface area contributed by atoms with Crippen molar-refractivity contribution in [2.75, 3.05) is 26.2 Å². The Kier molecular flexibility index (Phi) is 6.08. The number of nitrogens with zero attached hydrogens (tertiary/aromatic N) is 2. The Morgan fingerprint density at radius 3 is 2.54 bits per heavy atom. The van der Waals surface area contributed by atoms with Crippen molar-refractivity contribution in [3.05, 3.63) is 35.6 Å². The quantitative estimate of drug-likeness (QED) is 0.890. The Morgan fingerprint density at radius 1 is 1.12 bits per heavy atom. The SMILES string of the molecule is NC(=O)N1CCCC(C(=O)N2CCC(OCc3ccccc3F)CC2)C1. The Balaban J connectivity index is 1.45. The molecule has 26 heavy (non-hydrogen) atoms. The van der Waals surface area contributed by atoms with Crippen LogP contribution in [0.25, 0.3) is 0 Å². The first-order valence-electron chi connectivity index (χ1n) is 9.22. The van der Waals surface area contributed by atoms with E-state index in [2.05, 4.69) is 0 Å². The Hall–Kier alpha value is -2.15. The molecule has 2 aliphatic heterocycles. The predicted molar refractivity (Wildman–Crippen MR) is 94.7 cm³/mol. The summed E-state index contributed by atoms with van der Waals surface area (Å²) >= 11 is 0. The van der Waals surface area contributed by atoms with Crippen molar-refractivity contribution in [1.29, 1.82) is 0 Å². The van der Waals surface area contributed by atoms with Crippen molar-refractivity contribution in [3.63, 3.8) is 0 Å². The lowest BCUT2D eigenvalue weighted by atomic mass is 9.95. The first-order valence-corrected chi connectivity index (χ1v) is 9.22. The highest BCUT2D eigenvalue weighted by molar-refractivity contribution is 5.80. The maximum Gasteiger partial charge on any atom is 0.314 e. The van der Waals surface area contributed by atoms with Crippen LogP contribution in [0.5, 0.6) is 0 Å². The third kappa shape index (κ3) is 4.52. The number of benzene rings is 1. The van der Waals surface area contributed by atoms with Crippen LogP contribution in [0.2, 0.25) is 0 Å². The van der Waals surface area contributed by atoms with Gasteiger partial charge in [0.1, 0.15) is 5.82 Å². The molecule has 7 heteroatoms. The van der Waals surface area contributed by atoms with E-state index in [0.717, 1.165) is 25.7 Å². The molecule has 0 aromatic heterocycles. The van der Waals surface area contributed by atoms with Crippen molar-refractivity contribution < 1.29 is 18.7 Å². The zero-order valence-corrected chi connectivity index (χ0v) is 14.9. The number of ether oxygens (including phenoxy) is 1. The lowest BCUT2D eigenvalue weighted by Gasteiger charge is -2.37. The summed E-state index contributed by atoms with van der Waals surface area (Å²) in [5.74, 6) is -0.313. The fourth-order valence-corrected chi connectivity index (χ4v) is 3.70. The second-order valence-electron chi connectivity index (χ2n) is 7.05. The van der Waals surface area contributed by atoms with Gasteiger partial charge in [-0.2, -0.15) is 0 Å². The number of halogens is 1. The Bertz CT molecular complexity index is 647. The lowest BCUT2D eigenvalue weighted by Crippen LogP contribution is -2.50. The van der Waals surface area contributed by atoms with Gasteiger partial charge in [-0.25, -0.2) is 9.18 Å². The molecule has 3 amide bonds. The first-order chi connectivity index (χ1) is 12.5. The molecule has 0 bridgehead atoms. The second kappa shape index (κ2) is 8.49. The summed E-state index contributed by atoms with van der Waals surface area (Å²) in [5.41, 5.74) is 5.89. The van der Waals surface area contributed by atoms with Gasteiger partial charge in [-0.3, -0.25) is 4.79 Å². The Labute approximate surface area is 153 Å². The molecule has 2 fully saturated rings.